The third-order valence-corrected chi connectivity index (χ3v) is 9.87. The zero-order chi connectivity index (χ0) is 35.4. The lowest BCUT2D eigenvalue weighted by Gasteiger charge is -2.49. The topological polar surface area (TPSA) is 252 Å². The SMILES string of the molecule is CNC(=O)c1c(I)c(NC(=O)[C@@](O)(C(C)=O)[C@](O)(C(C)=O)[C@@](O)(C(C)=O)[C@@H](COC(C)=O)OC(C)=O)c(I)c(C(=O)NC)c1I. The predicted octanol–water partition coefficient (Wildman–Crippen LogP) is -0.387. The van der Waals surface area contributed by atoms with Crippen molar-refractivity contribution in [3.05, 3.63) is 21.8 Å². The smallest absolute Gasteiger partial charge is 0.303 e. The molecule has 1 rings (SSSR count). The van der Waals surface area contributed by atoms with Crippen LogP contribution in [0, 0.1) is 10.7 Å². The molecule has 248 valence electrons. The monoisotopic (exact) mass is 973 g/mol. The first kappa shape index (κ1) is 40.7. The van der Waals surface area contributed by atoms with Crippen molar-refractivity contribution in [2.45, 2.75) is 57.5 Å². The van der Waals surface area contributed by atoms with Crippen LogP contribution in [0.15, 0.2) is 0 Å². The number of amides is 3. The molecule has 0 saturated heterocycles. The number of hydrogen-bond acceptors (Lipinski definition) is 13. The summed E-state index contributed by atoms with van der Waals surface area (Å²) in [6.07, 6.45) is -2.44. The van der Waals surface area contributed by atoms with Crippen LogP contribution in [0.25, 0.3) is 0 Å². The Morgan fingerprint density at radius 2 is 1.16 bits per heavy atom. The summed E-state index contributed by atoms with van der Waals surface area (Å²) in [6, 6.07) is 0. The number of ether oxygens (including phenoxy) is 2. The van der Waals surface area contributed by atoms with Crippen LogP contribution >= 0.6 is 67.8 Å². The number of nitrogens with one attached hydrogen (secondary N) is 3. The van der Waals surface area contributed by atoms with E-state index in [0.29, 0.717) is 20.8 Å². The summed E-state index contributed by atoms with van der Waals surface area (Å²) < 4.78 is 9.77. The van der Waals surface area contributed by atoms with Crippen LogP contribution in [0.3, 0.4) is 0 Å². The number of aliphatic hydroxyl groups is 3. The highest BCUT2D eigenvalue weighted by Crippen LogP contribution is 2.42. The fraction of sp³-hybridized carbons (Fsp3) is 0.462. The quantitative estimate of drug-likeness (QED) is 0.0839. The normalized spacial score (nSPS) is 15.6. The lowest BCUT2D eigenvalue weighted by atomic mass is 9.62. The summed E-state index contributed by atoms with van der Waals surface area (Å²) in [4.78, 5) is 102. The van der Waals surface area contributed by atoms with E-state index < -0.39 is 76.5 Å². The molecule has 1 aromatic rings. The number of Topliss-reactive ketones (excluding diaryl/α,β-unsaturated/α-hetero) is 3. The van der Waals surface area contributed by atoms with Gasteiger partial charge in [0.1, 0.15) is 6.61 Å². The number of hydrogen-bond donors (Lipinski definition) is 6. The zero-order valence-electron chi connectivity index (χ0n) is 24.8. The van der Waals surface area contributed by atoms with Gasteiger partial charge in [-0.3, -0.25) is 38.4 Å². The summed E-state index contributed by atoms with van der Waals surface area (Å²) in [6.45, 7) is 2.20. The Labute approximate surface area is 297 Å². The van der Waals surface area contributed by atoms with Crippen LogP contribution in [0.4, 0.5) is 5.69 Å². The number of esters is 2. The Morgan fingerprint density at radius 1 is 0.711 bits per heavy atom. The van der Waals surface area contributed by atoms with Crippen molar-refractivity contribution >= 4 is 120 Å². The van der Waals surface area contributed by atoms with Crippen molar-refractivity contribution in [1.29, 1.82) is 0 Å². The van der Waals surface area contributed by atoms with E-state index in [4.69, 9.17) is 9.47 Å². The van der Waals surface area contributed by atoms with Gasteiger partial charge in [0.2, 0.25) is 16.8 Å². The van der Waals surface area contributed by atoms with Crippen LogP contribution in [-0.4, -0.2) is 106 Å². The first-order chi connectivity index (χ1) is 20.5. The van der Waals surface area contributed by atoms with E-state index in [9.17, 15) is 53.7 Å². The van der Waals surface area contributed by atoms with Crippen LogP contribution in [0.2, 0.25) is 0 Å². The molecule has 1 aromatic carbocycles. The van der Waals surface area contributed by atoms with Crippen molar-refractivity contribution in [3.63, 3.8) is 0 Å². The molecule has 0 aliphatic carbocycles. The maximum Gasteiger partial charge on any atom is 0.303 e. The fourth-order valence-corrected chi connectivity index (χ4v) is 8.77. The molecule has 3 amide bonds. The Balaban J connectivity index is 4.24. The molecule has 0 bridgehead atoms. The van der Waals surface area contributed by atoms with E-state index in [-0.39, 0.29) is 27.5 Å². The second-order valence-corrected chi connectivity index (χ2v) is 12.7. The molecule has 0 spiro atoms. The van der Waals surface area contributed by atoms with E-state index in [2.05, 4.69) is 16.0 Å². The number of carbonyl (C=O) groups excluding carboxylic acids is 8. The van der Waals surface area contributed by atoms with Crippen LogP contribution < -0.4 is 16.0 Å². The minimum atomic E-state index is -4.12. The van der Waals surface area contributed by atoms with Gasteiger partial charge in [-0.2, -0.15) is 0 Å². The molecule has 0 aliphatic rings. The largest absolute Gasteiger partial charge is 0.462 e. The van der Waals surface area contributed by atoms with Crippen LogP contribution in [0.5, 0.6) is 0 Å². The molecule has 19 heteroatoms. The number of ketones is 3. The third-order valence-electron chi connectivity index (χ3n) is 6.64. The van der Waals surface area contributed by atoms with Gasteiger partial charge in [-0.1, -0.05) is 0 Å². The Hall–Kier alpha value is -2.35. The summed E-state index contributed by atoms with van der Waals surface area (Å²) in [7, 11) is 2.59. The standard InChI is InChI=1S/C26H30I3N3O13/c1-9(33)24(41,14(45-13(5)37)8-44-12(4)36)26(43,11(3)35)25(42,10(2)34)23(40)32-20-18(28)15(21(38)30-6)17(27)16(19(20)29)22(39)31-7/h14,41-43H,8H2,1-7H3,(H,30,38)(H,31,39)(H,32,40)/t14-,24-,25+,26+/m1/s1. The first-order valence-corrected chi connectivity index (χ1v) is 15.7. The number of rotatable bonds is 13. The molecule has 0 radical (unpaired) electrons. The average molecular weight is 973 g/mol. The first-order valence-electron chi connectivity index (χ1n) is 12.5. The Morgan fingerprint density at radius 3 is 1.47 bits per heavy atom. The average Bonchev–Trinajstić information content (AvgIpc) is 2.94. The molecular formula is C26H30I3N3O13. The van der Waals surface area contributed by atoms with Crippen molar-refractivity contribution in [2.24, 2.45) is 0 Å². The maximum atomic E-state index is 14.0. The van der Waals surface area contributed by atoms with E-state index in [0.717, 1.165) is 13.8 Å². The summed E-state index contributed by atoms with van der Waals surface area (Å²) >= 11 is 5.02. The van der Waals surface area contributed by atoms with Crippen molar-refractivity contribution in [1.82, 2.24) is 10.6 Å². The summed E-state index contributed by atoms with van der Waals surface area (Å²) in [5.74, 6) is -10.5. The van der Waals surface area contributed by atoms with Gasteiger partial charge < -0.3 is 40.7 Å². The van der Waals surface area contributed by atoms with Gasteiger partial charge in [-0.25, -0.2) is 0 Å². The van der Waals surface area contributed by atoms with Gasteiger partial charge in [0.15, 0.2) is 23.5 Å². The summed E-state index contributed by atoms with van der Waals surface area (Å²) in [5, 5.41) is 42.3. The van der Waals surface area contributed by atoms with Gasteiger partial charge >= 0.3 is 11.9 Å². The van der Waals surface area contributed by atoms with Gasteiger partial charge in [-0.05, 0) is 88.5 Å². The van der Waals surface area contributed by atoms with Crippen LogP contribution in [0.1, 0.15) is 55.3 Å². The molecule has 0 aliphatic heterocycles. The lowest BCUT2D eigenvalue weighted by Crippen LogP contribution is -2.82. The molecule has 45 heavy (non-hydrogen) atoms. The van der Waals surface area contributed by atoms with E-state index >= 15 is 0 Å². The molecule has 6 N–H and O–H groups in total. The molecule has 0 fully saturated rings. The van der Waals surface area contributed by atoms with Crippen molar-refractivity contribution in [3.8, 4) is 0 Å². The molecule has 4 atom stereocenters. The molecule has 0 unspecified atom stereocenters. The molecule has 0 saturated carbocycles. The van der Waals surface area contributed by atoms with Gasteiger partial charge in [0.05, 0.1) is 24.0 Å². The number of carbonyl (C=O) groups is 8. The van der Waals surface area contributed by atoms with Gasteiger partial charge in [0, 0.05) is 31.5 Å². The predicted molar refractivity (Wildman–Crippen MR) is 179 cm³/mol. The third kappa shape index (κ3) is 7.31. The van der Waals surface area contributed by atoms with E-state index in [1.807, 2.05) is 0 Å². The van der Waals surface area contributed by atoms with Gasteiger partial charge in [-0.15, -0.1) is 0 Å². The highest BCUT2D eigenvalue weighted by molar-refractivity contribution is 14.1. The molecule has 16 nitrogen and oxygen atoms in total. The maximum absolute atomic E-state index is 14.0. The second kappa shape index (κ2) is 15.5. The minimum Gasteiger partial charge on any atom is -0.462 e. The molecule has 0 heterocycles. The number of halogens is 3. The lowest BCUT2D eigenvalue weighted by molar-refractivity contribution is -0.250. The Kier molecular flexibility index (Phi) is 14.0. The van der Waals surface area contributed by atoms with Crippen molar-refractivity contribution < 1.29 is 63.1 Å². The van der Waals surface area contributed by atoms with Gasteiger partial charge in [0.25, 0.3) is 17.7 Å². The highest BCUT2D eigenvalue weighted by Gasteiger charge is 2.75. The van der Waals surface area contributed by atoms with E-state index in [1.54, 1.807) is 67.8 Å². The minimum absolute atomic E-state index is 0.0199. The zero-order valence-corrected chi connectivity index (χ0v) is 31.3. The summed E-state index contributed by atoms with van der Waals surface area (Å²) in [5.41, 5.74) is -12.5. The number of benzene rings is 1. The molecule has 0 aromatic heterocycles. The highest BCUT2D eigenvalue weighted by atomic mass is 127. The molecular weight excluding hydrogens is 943 g/mol. The fourth-order valence-electron chi connectivity index (χ4n) is 4.35. The van der Waals surface area contributed by atoms with Crippen molar-refractivity contribution in [2.75, 3.05) is 26.0 Å². The number of anilines is 1. The Bertz CT molecular complexity index is 1440. The van der Waals surface area contributed by atoms with E-state index in [1.165, 1.54) is 14.1 Å². The van der Waals surface area contributed by atoms with Crippen LogP contribution in [-0.2, 0) is 38.2 Å². The second-order valence-electron chi connectivity index (χ2n) is 9.44.